The van der Waals surface area contributed by atoms with Gasteiger partial charge in [-0.3, -0.25) is 0 Å². The molecule has 0 saturated heterocycles. The number of hydrogen-bond acceptors (Lipinski definition) is 4. The molecule has 34 heavy (non-hydrogen) atoms. The number of rotatable bonds is 6. The summed E-state index contributed by atoms with van der Waals surface area (Å²) in [6.45, 7) is 9.20. The minimum atomic E-state index is -0.532. The Labute approximate surface area is 202 Å². The lowest BCUT2D eigenvalue weighted by atomic mass is 9.93. The molecule has 3 aromatic rings. The number of amides is 1. The molecule has 178 valence electrons. The van der Waals surface area contributed by atoms with E-state index in [0.29, 0.717) is 25.5 Å². The van der Waals surface area contributed by atoms with Crippen molar-refractivity contribution in [3.63, 3.8) is 0 Å². The molecule has 0 spiro atoms. The van der Waals surface area contributed by atoms with Gasteiger partial charge in [0, 0.05) is 6.54 Å². The first-order chi connectivity index (χ1) is 16.3. The maximum atomic E-state index is 12.8. The van der Waals surface area contributed by atoms with Crippen molar-refractivity contribution in [2.24, 2.45) is 0 Å². The van der Waals surface area contributed by atoms with E-state index in [2.05, 4.69) is 6.07 Å². The third kappa shape index (κ3) is 5.90. The summed E-state index contributed by atoms with van der Waals surface area (Å²) in [5.74, 6) is 1.40. The largest absolute Gasteiger partial charge is 0.485 e. The minimum absolute atomic E-state index is 0.124. The molecule has 5 nitrogen and oxygen atoms in total. The van der Waals surface area contributed by atoms with Crippen molar-refractivity contribution in [3.8, 4) is 11.5 Å². The molecular weight excluding hydrogens is 426 g/mol. The second kappa shape index (κ2) is 10.2. The molecule has 0 radical (unpaired) electrons. The molecule has 0 bridgehead atoms. The van der Waals surface area contributed by atoms with Gasteiger partial charge < -0.3 is 19.1 Å². The minimum Gasteiger partial charge on any atom is -0.485 e. The monoisotopic (exact) mass is 459 g/mol. The van der Waals surface area contributed by atoms with Gasteiger partial charge in [-0.15, -0.1) is 0 Å². The summed E-state index contributed by atoms with van der Waals surface area (Å²) in [6, 6.07) is 24.1. The Hall–Kier alpha value is -3.47. The number of carbonyl (C=O) groups is 1. The fourth-order valence-electron chi connectivity index (χ4n) is 4.09. The summed E-state index contributed by atoms with van der Waals surface area (Å²) in [6.07, 6.45) is 0.446. The van der Waals surface area contributed by atoms with Crippen LogP contribution in [0.1, 0.15) is 56.0 Å². The Morgan fingerprint density at radius 1 is 0.882 bits per heavy atom. The Balaban J connectivity index is 1.60. The first-order valence-electron chi connectivity index (χ1n) is 11.8. The SMILES string of the molecule is CC1c2cc(OCc3ccccc3)c(OCc3ccccc3)cc2CCN1C(=O)OC(C)(C)C. The molecule has 0 N–H and O–H groups in total. The molecule has 4 rings (SSSR count). The number of nitrogens with zero attached hydrogens (tertiary/aromatic N) is 1. The maximum Gasteiger partial charge on any atom is 0.410 e. The molecule has 0 aliphatic carbocycles. The summed E-state index contributed by atoms with van der Waals surface area (Å²) in [5.41, 5.74) is 3.88. The highest BCUT2D eigenvalue weighted by molar-refractivity contribution is 5.70. The van der Waals surface area contributed by atoms with Gasteiger partial charge in [0.2, 0.25) is 0 Å². The molecule has 0 aromatic heterocycles. The topological polar surface area (TPSA) is 48.0 Å². The summed E-state index contributed by atoms with van der Waals surface area (Å²) in [5, 5.41) is 0. The first kappa shape index (κ1) is 23.7. The van der Waals surface area contributed by atoms with Crippen LogP contribution in [0.2, 0.25) is 0 Å². The third-order valence-corrected chi connectivity index (χ3v) is 5.85. The van der Waals surface area contributed by atoms with E-state index in [9.17, 15) is 4.79 Å². The third-order valence-electron chi connectivity index (χ3n) is 5.85. The van der Waals surface area contributed by atoms with Gasteiger partial charge in [-0.2, -0.15) is 0 Å². The normalized spacial score (nSPS) is 15.4. The Bertz CT molecular complexity index is 1110. The molecule has 0 saturated carbocycles. The zero-order chi connectivity index (χ0) is 24.1. The molecule has 5 heteroatoms. The number of hydrogen-bond donors (Lipinski definition) is 0. The summed E-state index contributed by atoms with van der Waals surface area (Å²) in [4.78, 5) is 14.6. The number of fused-ring (bicyclic) bond motifs is 1. The summed E-state index contributed by atoms with van der Waals surface area (Å²) >= 11 is 0. The highest BCUT2D eigenvalue weighted by Crippen LogP contribution is 2.39. The second-order valence-electron chi connectivity index (χ2n) is 9.65. The number of ether oxygens (including phenoxy) is 3. The van der Waals surface area contributed by atoms with Crippen molar-refractivity contribution in [1.82, 2.24) is 4.90 Å². The van der Waals surface area contributed by atoms with Crippen molar-refractivity contribution in [3.05, 3.63) is 95.1 Å². The Morgan fingerprint density at radius 3 is 1.94 bits per heavy atom. The zero-order valence-electron chi connectivity index (χ0n) is 20.4. The van der Waals surface area contributed by atoms with E-state index in [0.717, 1.165) is 28.9 Å². The van der Waals surface area contributed by atoms with Crippen LogP contribution in [0.5, 0.6) is 11.5 Å². The van der Waals surface area contributed by atoms with Gasteiger partial charge in [0.1, 0.15) is 18.8 Å². The molecule has 1 aliphatic rings. The Morgan fingerprint density at radius 2 is 1.41 bits per heavy atom. The van der Waals surface area contributed by atoms with Crippen LogP contribution < -0.4 is 9.47 Å². The lowest BCUT2D eigenvalue weighted by molar-refractivity contribution is 0.0159. The van der Waals surface area contributed by atoms with Gasteiger partial charge in [-0.25, -0.2) is 4.79 Å². The van der Waals surface area contributed by atoms with Crippen LogP contribution in [0.4, 0.5) is 4.79 Å². The van der Waals surface area contributed by atoms with Crippen molar-refractivity contribution < 1.29 is 19.0 Å². The fraction of sp³-hybridized carbons (Fsp3) is 0.345. The van der Waals surface area contributed by atoms with E-state index in [1.165, 1.54) is 5.56 Å². The van der Waals surface area contributed by atoms with E-state index >= 15 is 0 Å². The van der Waals surface area contributed by atoms with Gasteiger partial charge in [-0.05, 0) is 68.5 Å². The predicted molar refractivity (Wildman–Crippen MR) is 133 cm³/mol. The Kier molecular flexibility index (Phi) is 7.11. The lowest BCUT2D eigenvalue weighted by Gasteiger charge is -2.36. The van der Waals surface area contributed by atoms with Crippen LogP contribution >= 0.6 is 0 Å². The van der Waals surface area contributed by atoms with E-state index in [1.54, 1.807) is 4.90 Å². The molecule has 0 fully saturated rings. The average molecular weight is 460 g/mol. The molecule has 1 aliphatic heterocycles. The van der Waals surface area contributed by atoms with Crippen LogP contribution in [0, 0.1) is 0 Å². The quantitative estimate of drug-likeness (QED) is 0.412. The smallest absolute Gasteiger partial charge is 0.410 e. The van der Waals surface area contributed by atoms with Gasteiger partial charge in [0.25, 0.3) is 0 Å². The molecule has 1 amide bonds. The zero-order valence-corrected chi connectivity index (χ0v) is 20.4. The van der Waals surface area contributed by atoms with Crippen molar-refractivity contribution in [2.45, 2.75) is 59.0 Å². The lowest BCUT2D eigenvalue weighted by Crippen LogP contribution is -2.42. The fourth-order valence-corrected chi connectivity index (χ4v) is 4.09. The van der Waals surface area contributed by atoms with E-state index in [1.807, 2.05) is 94.4 Å². The van der Waals surface area contributed by atoms with E-state index < -0.39 is 5.60 Å². The number of benzene rings is 3. The molecule has 1 heterocycles. The second-order valence-corrected chi connectivity index (χ2v) is 9.65. The highest BCUT2D eigenvalue weighted by Gasteiger charge is 2.32. The molecular formula is C29H33NO4. The molecule has 1 atom stereocenters. The summed E-state index contributed by atoms with van der Waals surface area (Å²) < 4.78 is 18.1. The predicted octanol–water partition coefficient (Wildman–Crippen LogP) is 6.70. The van der Waals surface area contributed by atoms with Crippen LogP contribution in [-0.2, 0) is 24.4 Å². The van der Waals surface area contributed by atoms with E-state index in [-0.39, 0.29) is 12.1 Å². The van der Waals surface area contributed by atoms with Gasteiger partial charge in [-0.1, -0.05) is 60.7 Å². The highest BCUT2D eigenvalue weighted by atomic mass is 16.6. The first-order valence-corrected chi connectivity index (χ1v) is 11.8. The van der Waals surface area contributed by atoms with Crippen LogP contribution in [0.3, 0.4) is 0 Å². The van der Waals surface area contributed by atoms with Gasteiger partial charge >= 0.3 is 6.09 Å². The molecule has 3 aromatic carbocycles. The molecule has 1 unspecified atom stereocenters. The van der Waals surface area contributed by atoms with Crippen molar-refractivity contribution >= 4 is 6.09 Å². The van der Waals surface area contributed by atoms with Crippen LogP contribution in [0.25, 0.3) is 0 Å². The van der Waals surface area contributed by atoms with Crippen molar-refractivity contribution in [1.29, 1.82) is 0 Å². The summed E-state index contributed by atoms with van der Waals surface area (Å²) in [7, 11) is 0. The van der Waals surface area contributed by atoms with Crippen LogP contribution in [0.15, 0.2) is 72.8 Å². The maximum absolute atomic E-state index is 12.8. The average Bonchev–Trinajstić information content (AvgIpc) is 2.82. The number of carbonyl (C=O) groups excluding carboxylic acids is 1. The van der Waals surface area contributed by atoms with E-state index in [4.69, 9.17) is 14.2 Å². The standard InChI is InChI=1S/C29H33NO4/c1-21-25-18-27(33-20-23-13-9-6-10-14-23)26(32-19-22-11-7-5-8-12-22)17-24(25)15-16-30(21)28(31)34-29(2,3)4/h5-14,17-18,21H,15-16,19-20H2,1-4H3. The van der Waals surface area contributed by atoms with Gasteiger partial charge in [0.05, 0.1) is 6.04 Å². The van der Waals surface area contributed by atoms with Crippen LogP contribution in [-0.4, -0.2) is 23.1 Å². The van der Waals surface area contributed by atoms with Gasteiger partial charge in [0.15, 0.2) is 11.5 Å². The van der Waals surface area contributed by atoms with Crippen molar-refractivity contribution in [2.75, 3.05) is 6.54 Å².